The molecule has 1 amide bonds. The summed E-state index contributed by atoms with van der Waals surface area (Å²) < 4.78 is 5.11. The monoisotopic (exact) mass is 236 g/mol. The summed E-state index contributed by atoms with van der Waals surface area (Å²) in [6.07, 6.45) is 2.45. The van der Waals surface area contributed by atoms with E-state index in [1.165, 1.54) is 0 Å². The van der Waals surface area contributed by atoms with Crippen LogP contribution in [0.15, 0.2) is 24.3 Å². The summed E-state index contributed by atoms with van der Waals surface area (Å²) in [7, 11) is 0. The van der Waals surface area contributed by atoms with Crippen molar-refractivity contribution in [1.82, 2.24) is 5.32 Å². The van der Waals surface area contributed by atoms with E-state index in [1.807, 2.05) is 12.1 Å². The van der Waals surface area contributed by atoms with Gasteiger partial charge in [-0.2, -0.15) is 0 Å². The highest BCUT2D eigenvalue weighted by atomic mass is 16.5. The van der Waals surface area contributed by atoms with E-state index >= 15 is 0 Å². The Labute approximate surface area is 102 Å². The third kappa shape index (κ3) is 5.36. The number of carbonyl (C=O) groups excluding carboxylic acids is 1. The van der Waals surface area contributed by atoms with Crippen LogP contribution in [0.5, 0.6) is 5.75 Å². The van der Waals surface area contributed by atoms with E-state index in [0.29, 0.717) is 18.8 Å². The minimum absolute atomic E-state index is 0.398. The molecule has 4 heteroatoms. The third-order valence-electron chi connectivity index (χ3n) is 2.37. The summed E-state index contributed by atoms with van der Waals surface area (Å²) in [5, 5.41) is 2.69. The molecule has 0 aliphatic heterocycles. The van der Waals surface area contributed by atoms with E-state index in [1.54, 1.807) is 12.1 Å². The molecule has 0 atom stereocenters. The zero-order chi connectivity index (χ0) is 12.5. The first-order valence-corrected chi connectivity index (χ1v) is 6.01. The molecule has 0 spiro atoms. The van der Waals surface area contributed by atoms with Crippen molar-refractivity contribution in [3.8, 4) is 5.75 Å². The van der Waals surface area contributed by atoms with Gasteiger partial charge in [-0.25, -0.2) is 4.79 Å². The van der Waals surface area contributed by atoms with Gasteiger partial charge in [-0.05, 0) is 37.1 Å². The van der Waals surface area contributed by atoms with Crippen molar-refractivity contribution in [3.63, 3.8) is 0 Å². The summed E-state index contributed by atoms with van der Waals surface area (Å²) in [5.41, 5.74) is 6.60. The highest BCUT2D eigenvalue weighted by Crippen LogP contribution is 2.12. The molecule has 0 fully saturated rings. The Morgan fingerprint density at radius 1 is 1.35 bits per heavy atom. The predicted molar refractivity (Wildman–Crippen MR) is 68.1 cm³/mol. The van der Waals surface area contributed by atoms with Crippen molar-refractivity contribution < 1.29 is 9.53 Å². The molecular formula is C13H20N2O2. The average molecular weight is 236 g/mol. The Balaban J connectivity index is 2.37. The summed E-state index contributed by atoms with van der Waals surface area (Å²) in [6.45, 7) is 3.35. The Morgan fingerprint density at radius 3 is 2.65 bits per heavy atom. The van der Waals surface area contributed by atoms with Gasteiger partial charge >= 0.3 is 6.09 Å². The lowest BCUT2D eigenvalue weighted by molar-refractivity contribution is 0.200. The molecule has 0 heterocycles. The van der Waals surface area contributed by atoms with E-state index in [2.05, 4.69) is 12.2 Å². The molecule has 1 aromatic rings. The van der Waals surface area contributed by atoms with E-state index < -0.39 is 6.09 Å². The van der Waals surface area contributed by atoms with E-state index in [-0.39, 0.29) is 0 Å². The number of amides is 1. The number of hydrogen-bond donors (Lipinski definition) is 2. The highest BCUT2D eigenvalue weighted by Gasteiger charge is 2.02. The van der Waals surface area contributed by atoms with Crippen molar-refractivity contribution in [2.24, 2.45) is 5.73 Å². The van der Waals surface area contributed by atoms with Crippen molar-refractivity contribution in [3.05, 3.63) is 29.8 Å². The lowest BCUT2D eigenvalue weighted by atomic mass is 10.1. The molecule has 0 bridgehead atoms. The number of carbonyl (C=O) groups is 1. The van der Waals surface area contributed by atoms with Crippen molar-refractivity contribution in [1.29, 1.82) is 0 Å². The van der Waals surface area contributed by atoms with Gasteiger partial charge in [0.15, 0.2) is 0 Å². The van der Waals surface area contributed by atoms with Gasteiger partial charge in [0.2, 0.25) is 0 Å². The minimum atomic E-state index is -0.398. The predicted octanol–water partition coefficient (Wildman–Crippen LogP) is 2.08. The third-order valence-corrected chi connectivity index (χ3v) is 2.37. The Bertz CT molecular complexity index is 336. The molecule has 0 saturated heterocycles. The van der Waals surface area contributed by atoms with Gasteiger partial charge in [0.25, 0.3) is 0 Å². The van der Waals surface area contributed by atoms with Crippen molar-refractivity contribution in [2.75, 3.05) is 13.1 Å². The van der Waals surface area contributed by atoms with Gasteiger partial charge in [-0.1, -0.05) is 25.5 Å². The normalized spacial score (nSPS) is 10.0. The van der Waals surface area contributed by atoms with Crippen LogP contribution in [0.2, 0.25) is 0 Å². The minimum Gasteiger partial charge on any atom is -0.410 e. The number of nitrogens with one attached hydrogen (secondary N) is 1. The lowest BCUT2D eigenvalue weighted by Gasteiger charge is -2.06. The summed E-state index contributed by atoms with van der Waals surface area (Å²) in [5.74, 6) is 0.555. The fraction of sp³-hybridized carbons (Fsp3) is 0.462. The second kappa shape index (κ2) is 7.68. The van der Waals surface area contributed by atoms with Crippen LogP contribution in [0.3, 0.4) is 0 Å². The molecule has 0 radical (unpaired) electrons. The molecule has 17 heavy (non-hydrogen) atoms. The van der Waals surface area contributed by atoms with E-state index in [0.717, 1.165) is 24.8 Å². The molecule has 1 rings (SSSR count). The molecule has 0 unspecified atom stereocenters. The number of hydrogen-bond acceptors (Lipinski definition) is 3. The molecule has 3 N–H and O–H groups in total. The molecule has 4 nitrogen and oxygen atoms in total. The lowest BCUT2D eigenvalue weighted by Crippen LogP contribution is -2.27. The molecule has 0 aromatic heterocycles. The van der Waals surface area contributed by atoms with Gasteiger partial charge in [0.1, 0.15) is 5.75 Å². The maximum absolute atomic E-state index is 11.3. The highest BCUT2D eigenvalue weighted by molar-refractivity contribution is 5.70. The SMILES string of the molecule is CCCCNC(=O)Oc1ccc(CCN)cc1. The largest absolute Gasteiger partial charge is 0.412 e. The zero-order valence-electron chi connectivity index (χ0n) is 10.2. The summed E-state index contributed by atoms with van der Waals surface area (Å²) in [6, 6.07) is 7.40. The zero-order valence-corrected chi connectivity index (χ0v) is 10.2. The number of ether oxygens (including phenoxy) is 1. The van der Waals surface area contributed by atoms with Crippen LogP contribution in [-0.2, 0) is 6.42 Å². The average Bonchev–Trinajstić information content (AvgIpc) is 2.32. The first kappa shape index (κ1) is 13.5. The van der Waals surface area contributed by atoms with Crippen LogP contribution in [0.4, 0.5) is 4.79 Å². The first-order valence-electron chi connectivity index (χ1n) is 6.01. The smallest absolute Gasteiger partial charge is 0.410 e. The van der Waals surface area contributed by atoms with Gasteiger partial charge in [-0.15, -0.1) is 0 Å². The summed E-state index contributed by atoms with van der Waals surface area (Å²) >= 11 is 0. The molecule has 0 aliphatic carbocycles. The van der Waals surface area contributed by atoms with Gasteiger partial charge in [0, 0.05) is 6.54 Å². The topological polar surface area (TPSA) is 64.3 Å². The molecule has 1 aromatic carbocycles. The standard InChI is InChI=1S/C13H20N2O2/c1-2-3-10-15-13(16)17-12-6-4-11(5-7-12)8-9-14/h4-7H,2-3,8-10,14H2,1H3,(H,15,16). The van der Waals surface area contributed by atoms with Gasteiger partial charge in [0.05, 0.1) is 0 Å². The molecule has 94 valence electrons. The molecule has 0 saturated carbocycles. The number of benzene rings is 1. The van der Waals surface area contributed by atoms with E-state index in [9.17, 15) is 4.79 Å². The number of rotatable bonds is 6. The van der Waals surface area contributed by atoms with Crippen molar-refractivity contribution in [2.45, 2.75) is 26.2 Å². The van der Waals surface area contributed by atoms with Crippen LogP contribution >= 0.6 is 0 Å². The number of nitrogens with two attached hydrogens (primary N) is 1. The Kier molecular flexibility index (Phi) is 6.10. The van der Waals surface area contributed by atoms with E-state index in [4.69, 9.17) is 10.5 Å². The van der Waals surface area contributed by atoms with Gasteiger partial charge in [-0.3, -0.25) is 0 Å². The second-order valence-electron chi connectivity index (χ2n) is 3.85. The van der Waals surface area contributed by atoms with Crippen LogP contribution in [-0.4, -0.2) is 19.2 Å². The second-order valence-corrected chi connectivity index (χ2v) is 3.85. The van der Waals surface area contributed by atoms with Crippen LogP contribution in [0.25, 0.3) is 0 Å². The Hall–Kier alpha value is -1.55. The van der Waals surface area contributed by atoms with Crippen LogP contribution in [0, 0.1) is 0 Å². The number of unbranched alkanes of at least 4 members (excludes halogenated alkanes) is 1. The van der Waals surface area contributed by atoms with Crippen LogP contribution < -0.4 is 15.8 Å². The maximum Gasteiger partial charge on any atom is 0.412 e. The van der Waals surface area contributed by atoms with Gasteiger partial charge < -0.3 is 15.8 Å². The van der Waals surface area contributed by atoms with Crippen molar-refractivity contribution >= 4 is 6.09 Å². The fourth-order valence-corrected chi connectivity index (χ4v) is 1.40. The Morgan fingerprint density at radius 2 is 2.06 bits per heavy atom. The fourth-order valence-electron chi connectivity index (χ4n) is 1.40. The molecule has 0 aliphatic rings. The molecular weight excluding hydrogens is 216 g/mol. The quantitative estimate of drug-likeness (QED) is 0.743. The maximum atomic E-state index is 11.3. The van der Waals surface area contributed by atoms with Crippen LogP contribution in [0.1, 0.15) is 25.3 Å². The summed E-state index contributed by atoms with van der Waals surface area (Å²) in [4.78, 5) is 11.3. The first-order chi connectivity index (χ1) is 8.26.